The first-order valence-corrected chi connectivity index (χ1v) is 5.90. The van der Waals surface area contributed by atoms with Crippen molar-refractivity contribution in [2.24, 2.45) is 0 Å². The Morgan fingerprint density at radius 1 is 1.35 bits per heavy atom. The van der Waals surface area contributed by atoms with Crippen LogP contribution in [-0.4, -0.2) is 17.2 Å². The number of hydrogen-bond donors (Lipinski definition) is 1. The van der Waals surface area contributed by atoms with Crippen LogP contribution in [0.25, 0.3) is 11.3 Å². The van der Waals surface area contributed by atoms with E-state index in [1.165, 1.54) is 23.5 Å². The van der Waals surface area contributed by atoms with Gasteiger partial charge in [0.2, 0.25) is 0 Å². The summed E-state index contributed by atoms with van der Waals surface area (Å²) in [6.45, 7) is 0.340. The van der Waals surface area contributed by atoms with Crippen molar-refractivity contribution in [3.63, 3.8) is 0 Å². The molecule has 0 bridgehead atoms. The number of thiazole rings is 1. The number of benzene rings is 1. The second-order valence-electron chi connectivity index (χ2n) is 3.48. The van der Waals surface area contributed by atoms with E-state index in [4.69, 9.17) is 9.84 Å². The molecule has 0 unspecified atom stereocenters. The van der Waals surface area contributed by atoms with Gasteiger partial charge in [-0.25, -0.2) is 9.37 Å². The van der Waals surface area contributed by atoms with Gasteiger partial charge in [0, 0.05) is 12.7 Å². The summed E-state index contributed by atoms with van der Waals surface area (Å²) in [5.41, 5.74) is 1.58. The molecule has 0 amide bonds. The van der Waals surface area contributed by atoms with E-state index < -0.39 is 0 Å². The molecule has 0 spiro atoms. The van der Waals surface area contributed by atoms with Crippen molar-refractivity contribution in [1.29, 1.82) is 0 Å². The monoisotopic (exact) mass is 253 g/mol. The largest absolute Gasteiger partial charge is 0.389 e. The SMILES string of the molecule is COCc1sc(CO)nc1-c1ccc(F)cc1. The summed E-state index contributed by atoms with van der Waals surface area (Å²) in [5, 5.41) is 9.72. The lowest BCUT2D eigenvalue weighted by molar-refractivity contribution is 0.188. The molecule has 0 saturated heterocycles. The maximum Gasteiger partial charge on any atom is 0.123 e. The Morgan fingerprint density at radius 2 is 2.06 bits per heavy atom. The minimum Gasteiger partial charge on any atom is -0.389 e. The summed E-state index contributed by atoms with van der Waals surface area (Å²) in [4.78, 5) is 5.25. The van der Waals surface area contributed by atoms with E-state index in [1.807, 2.05) is 0 Å². The maximum absolute atomic E-state index is 12.8. The fourth-order valence-electron chi connectivity index (χ4n) is 1.53. The molecule has 0 aliphatic heterocycles. The average molecular weight is 253 g/mol. The Kier molecular flexibility index (Phi) is 3.83. The fraction of sp³-hybridized carbons (Fsp3) is 0.250. The number of aliphatic hydroxyl groups is 1. The average Bonchev–Trinajstić information content (AvgIpc) is 2.74. The van der Waals surface area contributed by atoms with E-state index in [0.29, 0.717) is 11.6 Å². The Labute approximate surface area is 103 Å². The van der Waals surface area contributed by atoms with E-state index in [-0.39, 0.29) is 12.4 Å². The van der Waals surface area contributed by atoms with Crippen molar-refractivity contribution in [1.82, 2.24) is 4.98 Å². The third kappa shape index (κ3) is 2.69. The summed E-state index contributed by atoms with van der Waals surface area (Å²) in [7, 11) is 1.60. The van der Waals surface area contributed by atoms with Crippen LogP contribution in [0.15, 0.2) is 24.3 Å². The molecule has 1 aromatic heterocycles. The standard InChI is InChI=1S/C12H12FNO2S/c1-16-7-10-12(14-11(6-15)17-10)8-2-4-9(13)5-3-8/h2-5,15H,6-7H2,1H3. The highest BCUT2D eigenvalue weighted by atomic mass is 32.1. The molecule has 0 atom stereocenters. The summed E-state index contributed by atoms with van der Waals surface area (Å²) < 4.78 is 17.9. The molecule has 2 rings (SSSR count). The van der Waals surface area contributed by atoms with Crippen LogP contribution in [0.2, 0.25) is 0 Å². The number of methoxy groups -OCH3 is 1. The molecule has 0 aliphatic rings. The minimum absolute atomic E-state index is 0.0947. The van der Waals surface area contributed by atoms with Crippen molar-refractivity contribution >= 4 is 11.3 Å². The topological polar surface area (TPSA) is 42.4 Å². The molecule has 0 radical (unpaired) electrons. The lowest BCUT2D eigenvalue weighted by atomic mass is 10.1. The van der Waals surface area contributed by atoms with Crippen LogP contribution in [0.4, 0.5) is 4.39 Å². The van der Waals surface area contributed by atoms with Gasteiger partial charge in [0.25, 0.3) is 0 Å². The molecule has 0 saturated carbocycles. The van der Waals surface area contributed by atoms with Gasteiger partial charge in [-0.15, -0.1) is 11.3 Å². The third-order valence-electron chi connectivity index (χ3n) is 2.27. The molecule has 1 N–H and O–H groups in total. The van der Waals surface area contributed by atoms with Crippen LogP contribution < -0.4 is 0 Å². The maximum atomic E-state index is 12.8. The van der Waals surface area contributed by atoms with Gasteiger partial charge in [0.1, 0.15) is 10.8 Å². The number of nitrogens with zero attached hydrogens (tertiary/aromatic N) is 1. The second-order valence-corrected chi connectivity index (χ2v) is 4.65. The molecular weight excluding hydrogens is 241 g/mol. The highest BCUT2D eigenvalue weighted by Gasteiger charge is 2.12. The minimum atomic E-state index is -0.278. The summed E-state index contributed by atoms with van der Waals surface area (Å²) in [6.07, 6.45) is 0. The molecule has 0 aliphatic carbocycles. The number of ether oxygens (including phenoxy) is 1. The van der Waals surface area contributed by atoms with Crippen molar-refractivity contribution in [3.05, 3.63) is 40.0 Å². The molecule has 2 aromatic rings. The zero-order valence-electron chi connectivity index (χ0n) is 9.31. The molecule has 3 nitrogen and oxygen atoms in total. The van der Waals surface area contributed by atoms with E-state index in [1.54, 1.807) is 19.2 Å². The molecule has 90 valence electrons. The highest BCUT2D eigenvalue weighted by Crippen LogP contribution is 2.29. The fourth-order valence-corrected chi connectivity index (χ4v) is 2.45. The molecule has 0 fully saturated rings. The van der Waals surface area contributed by atoms with Gasteiger partial charge < -0.3 is 9.84 Å². The second kappa shape index (κ2) is 5.35. The highest BCUT2D eigenvalue weighted by molar-refractivity contribution is 7.12. The van der Waals surface area contributed by atoms with Gasteiger partial charge >= 0.3 is 0 Å². The quantitative estimate of drug-likeness (QED) is 0.910. The van der Waals surface area contributed by atoms with Crippen molar-refractivity contribution in [2.45, 2.75) is 13.2 Å². The van der Waals surface area contributed by atoms with E-state index in [9.17, 15) is 4.39 Å². The van der Waals surface area contributed by atoms with Crippen molar-refractivity contribution < 1.29 is 14.2 Å². The molecule has 1 heterocycles. The first-order chi connectivity index (χ1) is 8.24. The Balaban J connectivity index is 2.42. The molecule has 17 heavy (non-hydrogen) atoms. The van der Waals surface area contributed by atoms with Gasteiger partial charge in [0.05, 0.1) is 23.8 Å². The van der Waals surface area contributed by atoms with Gasteiger partial charge in [-0.05, 0) is 24.3 Å². The zero-order valence-corrected chi connectivity index (χ0v) is 10.1. The number of hydrogen-bond acceptors (Lipinski definition) is 4. The van der Waals surface area contributed by atoms with Crippen molar-refractivity contribution in [2.75, 3.05) is 7.11 Å². The summed E-state index contributed by atoms with van der Waals surface area (Å²) in [6, 6.07) is 6.13. The van der Waals surface area contributed by atoms with Gasteiger partial charge in [-0.1, -0.05) is 0 Å². The van der Waals surface area contributed by atoms with Gasteiger partial charge in [0.15, 0.2) is 0 Å². The van der Waals surface area contributed by atoms with Crippen molar-refractivity contribution in [3.8, 4) is 11.3 Å². The summed E-state index contributed by atoms with van der Waals surface area (Å²) >= 11 is 1.40. The normalized spacial score (nSPS) is 10.8. The van der Waals surface area contributed by atoms with Gasteiger partial charge in [-0.3, -0.25) is 0 Å². The zero-order chi connectivity index (χ0) is 12.3. The Bertz CT molecular complexity index is 496. The number of halogens is 1. The Hall–Kier alpha value is -1.30. The molecular formula is C12H12FNO2S. The third-order valence-corrected chi connectivity index (χ3v) is 3.28. The summed E-state index contributed by atoms with van der Waals surface area (Å²) in [5.74, 6) is -0.278. The van der Waals surface area contributed by atoms with Gasteiger partial charge in [-0.2, -0.15) is 0 Å². The van der Waals surface area contributed by atoms with Crippen LogP contribution in [0.5, 0.6) is 0 Å². The predicted octanol–water partition coefficient (Wildman–Crippen LogP) is 2.59. The van der Waals surface area contributed by atoms with Crippen LogP contribution in [0, 0.1) is 5.82 Å². The van der Waals surface area contributed by atoms with Crippen LogP contribution >= 0.6 is 11.3 Å². The number of rotatable bonds is 4. The van der Waals surface area contributed by atoms with Crippen LogP contribution in [-0.2, 0) is 18.0 Å². The lowest BCUT2D eigenvalue weighted by Crippen LogP contribution is -1.88. The van der Waals surface area contributed by atoms with Crippen LogP contribution in [0.1, 0.15) is 9.88 Å². The Morgan fingerprint density at radius 3 is 2.65 bits per heavy atom. The van der Waals surface area contributed by atoms with E-state index >= 15 is 0 Å². The van der Waals surface area contributed by atoms with E-state index in [0.717, 1.165) is 16.1 Å². The smallest absolute Gasteiger partial charge is 0.123 e. The predicted molar refractivity (Wildman–Crippen MR) is 64.1 cm³/mol. The first-order valence-electron chi connectivity index (χ1n) is 5.09. The van der Waals surface area contributed by atoms with E-state index in [2.05, 4.69) is 4.98 Å². The van der Waals surface area contributed by atoms with Crippen LogP contribution in [0.3, 0.4) is 0 Å². The number of aromatic nitrogens is 1. The molecule has 5 heteroatoms. The first kappa shape index (κ1) is 12.2. The number of aliphatic hydroxyl groups excluding tert-OH is 1. The lowest BCUT2D eigenvalue weighted by Gasteiger charge is -2.01. The molecule has 1 aromatic carbocycles.